The summed E-state index contributed by atoms with van der Waals surface area (Å²) < 4.78 is 14.7. The molecule has 24 heavy (non-hydrogen) atoms. The third-order valence-electron chi connectivity index (χ3n) is 3.74. The van der Waals surface area contributed by atoms with Gasteiger partial charge in [0.1, 0.15) is 5.82 Å². The van der Waals surface area contributed by atoms with Crippen molar-refractivity contribution in [2.45, 2.75) is 13.5 Å². The van der Waals surface area contributed by atoms with E-state index in [1.807, 2.05) is 6.07 Å². The monoisotopic (exact) mass is 344 g/mol. The van der Waals surface area contributed by atoms with Gasteiger partial charge in [0.2, 0.25) is 0 Å². The molecule has 1 heterocycles. The minimum Gasteiger partial charge on any atom is -0.476 e. The second kappa shape index (κ2) is 6.45. The van der Waals surface area contributed by atoms with Crippen LogP contribution in [0.2, 0.25) is 5.02 Å². The third-order valence-corrected chi connectivity index (χ3v) is 3.97. The van der Waals surface area contributed by atoms with E-state index in [2.05, 4.69) is 5.10 Å². The summed E-state index contributed by atoms with van der Waals surface area (Å²) in [5.41, 5.74) is 2.83. The van der Waals surface area contributed by atoms with Crippen molar-refractivity contribution in [1.29, 1.82) is 0 Å². The molecule has 0 saturated heterocycles. The number of rotatable bonds is 4. The molecule has 0 atom stereocenters. The van der Waals surface area contributed by atoms with Crippen molar-refractivity contribution in [3.8, 4) is 11.3 Å². The normalized spacial score (nSPS) is 10.8. The molecule has 0 unspecified atom stereocenters. The minimum atomic E-state index is -1.09. The number of nitrogens with zero attached hydrogens (tertiary/aromatic N) is 2. The number of hydrogen-bond acceptors (Lipinski definition) is 2. The van der Waals surface area contributed by atoms with Crippen LogP contribution in [0.5, 0.6) is 0 Å². The molecule has 0 aliphatic rings. The highest BCUT2D eigenvalue weighted by Crippen LogP contribution is 2.28. The fourth-order valence-corrected chi connectivity index (χ4v) is 2.82. The summed E-state index contributed by atoms with van der Waals surface area (Å²) in [7, 11) is 0. The number of carbonyl (C=O) groups is 1. The van der Waals surface area contributed by atoms with Gasteiger partial charge in [0.05, 0.1) is 12.2 Å². The number of halogens is 2. The second-order valence-corrected chi connectivity index (χ2v) is 5.86. The Balaban J connectivity index is 2.12. The van der Waals surface area contributed by atoms with Gasteiger partial charge in [0.15, 0.2) is 5.69 Å². The van der Waals surface area contributed by atoms with Crippen LogP contribution < -0.4 is 0 Å². The molecule has 2 aromatic carbocycles. The second-order valence-electron chi connectivity index (χ2n) is 5.42. The molecule has 1 aromatic heterocycles. The summed E-state index contributed by atoms with van der Waals surface area (Å²) in [6.07, 6.45) is 0. The lowest BCUT2D eigenvalue weighted by molar-refractivity contribution is 0.0688. The number of carboxylic acids is 1. The Bertz CT molecular complexity index is 904. The van der Waals surface area contributed by atoms with Gasteiger partial charge in [0, 0.05) is 16.1 Å². The molecule has 3 rings (SSSR count). The molecule has 0 saturated carbocycles. The zero-order valence-electron chi connectivity index (χ0n) is 12.8. The fourth-order valence-electron chi connectivity index (χ4n) is 2.63. The van der Waals surface area contributed by atoms with Crippen molar-refractivity contribution in [2.75, 3.05) is 0 Å². The van der Waals surface area contributed by atoms with E-state index in [0.717, 1.165) is 11.1 Å². The van der Waals surface area contributed by atoms with Gasteiger partial charge in [-0.05, 0) is 36.8 Å². The van der Waals surface area contributed by atoms with Crippen molar-refractivity contribution in [3.05, 3.63) is 76.2 Å². The number of aromatic nitrogens is 2. The molecule has 1 N–H and O–H groups in total. The molecule has 0 fully saturated rings. The maximum Gasteiger partial charge on any atom is 0.356 e. The molecule has 122 valence electrons. The van der Waals surface area contributed by atoms with Gasteiger partial charge in [-0.15, -0.1) is 0 Å². The Morgan fingerprint density at radius 3 is 2.58 bits per heavy atom. The van der Waals surface area contributed by atoms with Crippen LogP contribution in [0.25, 0.3) is 11.3 Å². The molecular weight excluding hydrogens is 331 g/mol. The van der Waals surface area contributed by atoms with Gasteiger partial charge < -0.3 is 5.11 Å². The van der Waals surface area contributed by atoms with Gasteiger partial charge in [-0.1, -0.05) is 35.9 Å². The molecule has 0 bridgehead atoms. The van der Waals surface area contributed by atoms with Crippen molar-refractivity contribution < 1.29 is 14.3 Å². The van der Waals surface area contributed by atoms with E-state index in [1.54, 1.807) is 41.9 Å². The Morgan fingerprint density at radius 2 is 1.96 bits per heavy atom. The van der Waals surface area contributed by atoms with Gasteiger partial charge in [-0.25, -0.2) is 9.18 Å². The highest BCUT2D eigenvalue weighted by Gasteiger charge is 2.20. The lowest BCUT2D eigenvalue weighted by Crippen LogP contribution is -2.06. The average molecular weight is 345 g/mol. The molecular formula is C18H14ClFN2O2. The van der Waals surface area contributed by atoms with E-state index < -0.39 is 5.97 Å². The van der Waals surface area contributed by atoms with Crippen LogP contribution in [-0.2, 0) is 6.54 Å². The first-order chi connectivity index (χ1) is 11.5. The number of hydrogen-bond donors (Lipinski definition) is 1. The van der Waals surface area contributed by atoms with E-state index in [-0.39, 0.29) is 11.5 Å². The standard InChI is InChI=1S/C18H14ClFN2O2/c1-11-16(18(23)24)21-22(10-12-5-7-15(20)8-6-12)17(11)13-3-2-4-14(19)9-13/h2-9H,10H2,1H3,(H,23,24). The van der Waals surface area contributed by atoms with Gasteiger partial charge in [-0.3, -0.25) is 4.68 Å². The van der Waals surface area contributed by atoms with Crippen molar-refractivity contribution >= 4 is 17.6 Å². The van der Waals surface area contributed by atoms with E-state index in [9.17, 15) is 14.3 Å². The quantitative estimate of drug-likeness (QED) is 0.763. The smallest absolute Gasteiger partial charge is 0.356 e. The summed E-state index contributed by atoms with van der Waals surface area (Å²) >= 11 is 6.06. The summed E-state index contributed by atoms with van der Waals surface area (Å²) in [4.78, 5) is 11.4. The number of benzene rings is 2. The summed E-state index contributed by atoms with van der Waals surface area (Å²) in [6, 6.07) is 13.2. The first-order valence-electron chi connectivity index (χ1n) is 7.27. The zero-order chi connectivity index (χ0) is 17.3. The predicted octanol–water partition coefficient (Wildman–Crippen LogP) is 4.40. The minimum absolute atomic E-state index is 0.00733. The lowest BCUT2D eigenvalue weighted by atomic mass is 10.1. The predicted molar refractivity (Wildman–Crippen MR) is 89.9 cm³/mol. The van der Waals surface area contributed by atoms with Gasteiger partial charge >= 0.3 is 5.97 Å². The molecule has 0 aliphatic heterocycles. The van der Waals surface area contributed by atoms with Crippen molar-refractivity contribution in [3.63, 3.8) is 0 Å². The zero-order valence-corrected chi connectivity index (χ0v) is 13.6. The maximum atomic E-state index is 13.1. The van der Waals surface area contributed by atoms with Crippen LogP contribution in [0.1, 0.15) is 21.6 Å². The summed E-state index contributed by atoms with van der Waals surface area (Å²) in [5.74, 6) is -1.41. The third kappa shape index (κ3) is 3.16. The van der Waals surface area contributed by atoms with E-state index >= 15 is 0 Å². The Hall–Kier alpha value is -2.66. The van der Waals surface area contributed by atoms with E-state index in [1.165, 1.54) is 12.1 Å². The Kier molecular flexibility index (Phi) is 4.36. The molecule has 0 aliphatic carbocycles. The topological polar surface area (TPSA) is 55.1 Å². The summed E-state index contributed by atoms with van der Waals surface area (Å²) in [6.45, 7) is 2.05. The van der Waals surface area contributed by atoms with Crippen molar-refractivity contribution in [1.82, 2.24) is 9.78 Å². The molecule has 6 heteroatoms. The van der Waals surface area contributed by atoms with Crippen LogP contribution in [0.15, 0.2) is 48.5 Å². The van der Waals surface area contributed by atoms with E-state index in [0.29, 0.717) is 22.8 Å². The number of aromatic carboxylic acids is 1. The van der Waals surface area contributed by atoms with Crippen LogP contribution in [0.4, 0.5) is 4.39 Å². The van der Waals surface area contributed by atoms with E-state index in [4.69, 9.17) is 11.6 Å². The van der Waals surface area contributed by atoms with Crippen LogP contribution in [0, 0.1) is 12.7 Å². The largest absolute Gasteiger partial charge is 0.476 e. The highest BCUT2D eigenvalue weighted by molar-refractivity contribution is 6.30. The molecule has 0 amide bonds. The van der Waals surface area contributed by atoms with Gasteiger partial charge in [0.25, 0.3) is 0 Å². The van der Waals surface area contributed by atoms with Crippen molar-refractivity contribution in [2.24, 2.45) is 0 Å². The maximum absolute atomic E-state index is 13.1. The highest BCUT2D eigenvalue weighted by atomic mass is 35.5. The van der Waals surface area contributed by atoms with Crippen LogP contribution >= 0.6 is 11.6 Å². The van der Waals surface area contributed by atoms with Gasteiger partial charge in [-0.2, -0.15) is 5.10 Å². The molecule has 0 radical (unpaired) electrons. The Morgan fingerprint density at radius 1 is 1.25 bits per heavy atom. The summed E-state index contributed by atoms with van der Waals surface area (Å²) in [5, 5.41) is 14.1. The van der Waals surface area contributed by atoms with Crippen LogP contribution in [-0.4, -0.2) is 20.9 Å². The molecule has 3 aromatic rings. The Labute approximate surface area is 143 Å². The SMILES string of the molecule is Cc1c(C(=O)O)nn(Cc2ccc(F)cc2)c1-c1cccc(Cl)c1. The van der Waals surface area contributed by atoms with Crippen LogP contribution in [0.3, 0.4) is 0 Å². The molecule has 4 nitrogen and oxygen atoms in total. The first kappa shape index (κ1) is 16.2. The number of carboxylic acid groups (broad SMARTS) is 1. The first-order valence-corrected chi connectivity index (χ1v) is 7.64. The lowest BCUT2D eigenvalue weighted by Gasteiger charge is -2.09. The fraction of sp³-hybridized carbons (Fsp3) is 0.111. The molecule has 0 spiro atoms. The average Bonchev–Trinajstić information content (AvgIpc) is 2.86.